The molecule has 2 unspecified atom stereocenters. The molecule has 2 atom stereocenters. The van der Waals surface area contributed by atoms with E-state index < -0.39 is 0 Å². The lowest BCUT2D eigenvalue weighted by molar-refractivity contribution is 0.0709. The van der Waals surface area contributed by atoms with Gasteiger partial charge in [-0.25, -0.2) is 4.98 Å². The third-order valence-corrected chi connectivity index (χ3v) is 5.66. The Balaban J connectivity index is 1.45. The summed E-state index contributed by atoms with van der Waals surface area (Å²) in [5.41, 5.74) is 3.70. The van der Waals surface area contributed by atoms with E-state index in [1.54, 1.807) is 17.0 Å². The topological polar surface area (TPSA) is 78.1 Å². The van der Waals surface area contributed by atoms with E-state index in [4.69, 9.17) is 11.6 Å². The number of aromatic nitrogens is 2. The smallest absolute Gasteiger partial charge is 0.256 e. The van der Waals surface area contributed by atoms with Crippen molar-refractivity contribution in [3.8, 4) is 0 Å². The second kappa shape index (κ2) is 7.95. The highest BCUT2D eigenvalue weighted by molar-refractivity contribution is 6.34. The van der Waals surface area contributed by atoms with E-state index in [0.29, 0.717) is 17.0 Å². The van der Waals surface area contributed by atoms with Gasteiger partial charge in [-0.2, -0.15) is 0 Å². The van der Waals surface area contributed by atoms with Crippen LogP contribution in [-0.2, 0) is 6.54 Å². The number of aromatic amines is 1. The number of amides is 2. The maximum absolute atomic E-state index is 12.9. The first-order valence-corrected chi connectivity index (χ1v) is 10.3. The summed E-state index contributed by atoms with van der Waals surface area (Å²) in [4.78, 5) is 34.9. The highest BCUT2D eigenvalue weighted by Gasteiger charge is 2.29. The molecule has 0 radical (unpaired) electrons. The Labute approximate surface area is 179 Å². The first-order valence-electron chi connectivity index (χ1n) is 9.87. The Morgan fingerprint density at radius 3 is 2.57 bits per heavy atom. The summed E-state index contributed by atoms with van der Waals surface area (Å²) >= 11 is 6.36. The van der Waals surface area contributed by atoms with Crippen molar-refractivity contribution < 1.29 is 9.59 Å². The third-order valence-electron chi connectivity index (χ3n) is 5.35. The van der Waals surface area contributed by atoms with Crippen molar-refractivity contribution in [2.45, 2.75) is 39.4 Å². The van der Waals surface area contributed by atoms with Gasteiger partial charge in [0.1, 0.15) is 5.82 Å². The first-order chi connectivity index (χ1) is 14.3. The Morgan fingerprint density at radius 1 is 1.13 bits per heavy atom. The second-order valence-electron chi connectivity index (χ2n) is 7.66. The molecule has 0 spiro atoms. The summed E-state index contributed by atoms with van der Waals surface area (Å²) in [7, 11) is 0. The van der Waals surface area contributed by atoms with Crippen LogP contribution in [0.2, 0.25) is 5.02 Å². The Morgan fingerprint density at radius 2 is 1.87 bits per heavy atom. The highest BCUT2D eigenvalue weighted by Crippen LogP contribution is 2.25. The molecule has 0 bridgehead atoms. The fourth-order valence-corrected chi connectivity index (χ4v) is 4.00. The molecule has 1 aromatic heterocycles. The summed E-state index contributed by atoms with van der Waals surface area (Å²) in [5.74, 6) is 0.248. The number of halogens is 1. The molecule has 6 nitrogen and oxygen atoms in total. The number of hydrogen-bond acceptors (Lipinski definition) is 3. The SMILES string of the molecule is Cc1ccc2[nH]c(CNC(=O)c3ccc(C(=O)N4C(C)C=CC4C)c(Cl)c3)nc2c1. The Bertz CT molecular complexity index is 1160. The van der Waals surface area contributed by atoms with Crippen molar-refractivity contribution in [3.63, 3.8) is 0 Å². The average molecular weight is 423 g/mol. The zero-order valence-corrected chi connectivity index (χ0v) is 17.8. The van der Waals surface area contributed by atoms with Gasteiger partial charge in [-0.1, -0.05) is 29.8 Å². The number of hydrogen-bond donors (Lipinski definition) is 2. The molecule has 3 aromatic rings. The molecule has 2 heterocycles. The minimum absolute atomic E-state index is 0.0131. The van der Waals surface area contributed by atoms with Crippen LogP contribution < -0.4 is 5.32 Å². The van der Waals surface area contributed by atoms with Crippen molar-refractivity contribution in [2.75, 3.05) is 0 Å². The normalized spacial score (nSPS) is 18.2. The number of rotatable bonds is 4. The molecule has 4 rings (SSSR count). The van der Waals surface area contributed by atoms with Gasteiger partial charge in [0.25, 0.3) is 11.8 Å². The minimum atomic E-state index is -0.280. The largest absolute Gasteiger partial charge is 0.345 e. The average Bonchev–Trinajstić information content (AvgIpc) is 3.27. The van der Waals surface area contributed by atoms with Gasteiger partial charge >= 0.3 is 0 Å². The molecule has 1 aliphatic rings. The quantitative estimate of drug-likeness (QED) is 0.617. The number of imidazole rings is 1. The number of fused-ring (bicyclic) bond motifs is 1. The van der Waals surface area contributed by atoms with Crippen LogP contribution >= 0.6 is 11.6 Å². The lowest BCUT2D eigenvalue weighted by Crippen LogP contribution is -2.39. The third kappa shape index (κ3) is 3.83. The van der Waals surface area contributed by atoms with Crippen LogP contribution in [0.4, 0.5) is 0 Å². The number of carbonyl (C=O) groups is 2. The molecule has 7 heteroatoms. The van der Waals surface area contributed by atoms with Crippen molar-refractivity contribution in [1.29, 1.82) is 0 Å². The first kappa shape index (κ1) is 20.2. The van der Waals surface area contributed by atoms with E-state index >= 15 is 0 Å². The summed E-state index contributed by atoms with van der Waals surface area (Å²) in [6.45, 7) is 6.20. The van der Waals surface area contributed by atoms with Gasteiger partial charge in [-0.05, 0) is 56.7 Å². The maximum Gasteiger partial charge on any atom is 0.256 e. The van der Waals surface area contributed by atoms with Gasteiger partial charge in [0, 0.05) is 17.6 Å². The van der Waals surface area contributed by atoms with Crippen molar-refractivity contribution in [3.05, 3.63) is 76.1 Å². The monoisotopic (exact) mass is 422 g/mol. The minimum Gasteiger partial charge on any atom is -0.345 e. The van der Waals surface area contributed by atoms with Crippen molar-refractivity contribution in [1.82, 2.24) is 20.2 Å². The van der Waals surface area contributed by atoms with E-state index in [0.717, 1.165) is 16.6 Å². The second-order valence-corrected chi connectivity index (χ2v) is 8.07. The van der Waals surface area contributed by atoms with Crippen LogP contribution in [0.25, 0.3) is 11.0 Å². The summed E-state index contributed by atoms with van der Waals surface area (Å²) in [6, 6.07) is 10.8. The Kier molecular flexibility index (Phi) is 5.35. The standard InChI is InChI=1S/C23H23ClN4O2/c1-13-4-9-19-20(10-13)27-21(26-19)12-25-22(29)16-7-8-17(18(24)11-16)23(30)28-14(2)5-6-15(28)3/h4-11,14-15H,12H2,1-3H3,(H,25,29)(H,26,27). The van der Waals surface area contributed by atoms with E-state index in [1.807, 2.05) is 51.1 Å². The van der Waals surface area contributed by atoms with Gasteiger partial charge in [0.15, 0.2) is 0 Å². The van der Waals surface area contributed by atoms with E-state index in [1.165, 1.54) is 6.07 Å². The van der Waals surface area contributed by atoms with Crippen LogP contribution in [0.15, 0.2) is 48.6 Å². The zero-order chi connectivity index (χ0) is 21.4. The fraction of sp³-hybridized carbons (Fsp3) is 0.261. The van der Waals surface area contributed by atoms with Gasteiger partial charge in [-0.15, -0.1) is 0 Å². The van der Waals surface area contributed by atoms with Gasteiger partial charge in [0.05, 0.1) is 28.2 Å². The number of benzene rings is 2. The summed E-state index contributed by atoms with van der Waals surface area (Å²) < 4.78 is 0. The van der Waals surface area contributed by atoms with Crippen molar-refractivity contribution in [2.24, 2.45) is 0 Å². The molecule has 0 saturated heterocycles. The molecule has 2 amide bonds. The zero-order valence-electron chi connectivity index (χ0n) is 17.1. The maximum atomic E-state index is 12.9. The van der Waals surface area contributed by atoms with Crippen LogP contribution in [0.3, 0.4) is 0 Å². The molecular weight excluding hydrogens is 400 g/mol. The van der Waals surface area contributed by atoms with E-state index in [9.17, 15) is 9.59 Å². The lowest BCUT2D eigenvalue weighted by atomic mass is 10.1. The molecule has 2 N–H and O–H groups in total. The molecule has 30 heavy (non-hydrogen) atoms. The number of carbonyl (C=O) groups excluding carboxylic acids is 2. The predicted octanol–water partition coefficient (Wildman–Crippen LogP) is 4.24. The molecule has 0 fully saturated rings. The van der Waals surface area contributed by atoms with Crippen LogP contribution in [0, 0.1) is 6.92 Å². The highest BCUT2D eigenvalue weighted by atomic mass is 35.5. The van der Waals surface area contributed by atoms with Crippen LogP contribution in [-0.4, -0.2) is 38.8 Å². The van der Waals surface area contributed by atoms with Crippen LogP contribution in [0.1, 0.15) is 46.0 Å². The number of nitrogens with one attached hydrogen (secondary N) is 2. The number of nitrogens with zero attached hydrogens (tertiary/aromatic N) is 2. The molecule has 154 valence electrons. The molecular formula is C23H23ClN4O2. The molecule has 1 aliphatic heterocycles. The van der Waals surface area contributed by atoms with Gasteiger partial charge in [0.2, 0.25) is 0 Å². The summed E-state index contributed by atoms with van der Waals surface area (Å²) in [6.07, 6.45) is 4.00. The summed E-state index contributed by atoms with van der Waals surface area (Å²) in [5, 5.41) is 3.10. The van der Waals surface area contributed by atoms with Gasteiger partial charge in [-0.3, -0.25) is 9.59 Å². The molecule has 0 saturated carbocycles. The van der Waals surface area contributed by atoms with Gasteiger partial charge < -0.3 is 15.2 Å². The number of aryl methyl sites for hydroxylation is 1. The van der Waals surface area contributed by atoms with E-state index in [2.05, 4.69) is 15.3 Å². The molecule has 2 aromatic carbocycles. The number of H-pyrrole nitrogens is 1. The van der Waals surface area contributed by atoms with Crippen molar-refractivity contribution >= 4 is 34.4 Å². The fourth-order valence-electron chi connectivity index (χ4n) is 3.74. The molecule has 0 aliphatic carbocycles. The van der Waals surface area contributed by atoms with E-state index in [-0.39, 0.29) is 35.5 Å². The predicted molar refractivity (Wildman–Crippen MR) is 118 cm³/mol. The van der Waals surface area contributed by atoms with Crippen LogP contribution in [0.5, 0.6) is 0 Å². The Hall–Kier alpha value is -3.12. The lowest BCUT2D eigenvalue weighted by Gasteiger charge is -2.27.